The Labute approximate surface area is 83.1 Å². The maximum atomic E-state index is 5.49. The van der Waals surface area contributed by atoms with Gasteiger partial charge >= 0.3 is 0 Å². The van der Waals surface area contributed by atoms with Crippen LogP contribution in [0.5, 0.6) is 5.88 Å². The zero-order valence-electron chi connectivity index (χ0n) is 8.29. The molecule has 0 radical (unpaired) electrons. The number of hydrogen-bond donors (Lipinski definition) is 1. The van der Waals surface area contributed by atoms with Crippen LogP contribution >= 0.6 is 0 Å². The first-order valence-corrected chi connectivity index (χ1v) is 4.97. The summed E-state index contributed by atoms with van der Waals surface area (Å²) in [4.78, 5) is 7.39. The SMILES string of the molecule is CCCCOc1ccc2cc[nH]c2n1. The molecule has 74 valence electrons. The Morgan fingerprint density at radius 3 is 3.14 bits per heavy atom. The van der Waals surface area contributed by atoms with Gasteiger partial charge < -0.3 is 9.72 Å². The van der Waals surface area contributed by atoms with E-state index in [-0.39, 0.29) is 0 Å². The molecule has 0 aliphatic rings. The molecule has 0 aliphatic carbocycles. The van der Waals surface area contributed by atoms with Crippen molar-refractivity contribution in [3.05, 3.63) is 24.4 Å². The molecule has 0 aliphatic heterocycles. The van der Waals surface area contributed by atoms with E-state index in [1.54, 1.807) is 0 Å². The second kappa shape index (κ2) is 4.13. The molecular weight excluding hydrogens is 176 g/mol. The van der Waals surface area contributed by atoms with Gasteiger partial charge in [-0.1, -0.05) is 13.3 Å². The molecule has 0 unspecified atom stereocenters. The number of pyridine rings is 1. The minimum Gasteiger partial charge on any atom is -0.478 e. The lowest BCUT2D eigenvalue weighted by atomic mass is 10.3. The zero-order chi connectivity index (χ0) is 9.80. The molecule has 3 heteroatoms. The highest BCUT2D eigenvalue weighted by atomic mass is 16.5. The van der Waals surface area contributed by atoms with Crippen molar-refractivity contribution in [1.82, 2.24) is 9.97 Å². The average molecular weight is 190 g/mol. The summed E-state index contributed by atoms with van der Waals surface area (Å²) in [6, 6.07) is 5.92. The molecule has 0 aromatic carbocycles. The standard InChI is InChI=1S/C11H14N2O/c1-2-3-8-14-10-5-4-9-6-7-12-11(9)13-10/h4-7H,2-3,8H2,1H3,(H,12,13). The first-order chi connectivity index (χ1) is 6.90. The molecule has 2 heterocycles. The topological polar surface area (TPSA) is 37.9 Å². The molecule has 0 amide bonds. The maximum absolute atomic E-state index is 5.49. The third-order valence-corrected chi connectivity index (χ3v) is 2.13. The van der Waals surface area contributed by atoms with E-state index < -0.39 is 0 Å². The Morgan fingerprint density at radius 1 is 1.36 bits per heavy atom. The number of aromatic nitrogens is 2. The van der Waals surface area contributed by atoms with Gasteiger partial charge in [0.25, 0.3) is 0 Å². The van der Waals surface area contributed by atoms with Crippen molar-refractivity contribution in [3.63, 3.8) is 0 Å². The maximum Gasteiger partial charge on any atom is 0.215 e. The largest absolute Gasteiger partial charge is 0.478 e. The number of aromatic amines is 1. The van der Waals surface area contributed by atoms with E-state index in [9.17, 15) is 0 Å². The lowest BCUT2D eigenvalue weighted by Crippen LogP contribution is -1.98. The Bertz CT molecular complexity index is 408. The van der Waals surface area contributed by atoms with Crippen molar-refractivity contribution in [2.75, 3.05) is 6.61 Å². The number of fused-ring (bicyclic) bond motifs is 1. The molecule has 2 aromatic rings. The third-order valence-electron chi connectivity index (χ3n) is 2.13. The highest BCUT2D eigenvalue weighted by molar-refractivity contribution is 5.75. The minimum atomic E-state index is 0.702. The molecule has 0 spiro atoms. The molecule has 0 saturated carbocycles. The number of hydrogen-bond acceptors (Lipinski definition) is 2. The Kier molecular flexibility index (Phi) is 2.68. The molecule has 0 fully saturated rings. The molecule has 2 aromatic heterocycles. The second-order valence-corrected chi connectivity index (χ2v) is 3.27. The number of unbranched alkanes of at least 4 members (excludes halogenated alkanes) is 1. The number of nitrogens with one attached hydrogen (secondary N) is 1. The Hall–Kier alpha value is -1.51. The predicted octanol–water partition coefficient (Wildman–Crippen LogP) is 2.74. The van der Waals surface area contributed by atoms with E-state index in [0.717, 1.165) is 30.5 Å². The highest BCUT2D eigenvalue weighted by Crippen LogP contribution is 2.14. The predicted molar refractivity (Wildman–Crippen MR) is 56.5 cm³/mol. The molecule has 0 atom stereocenters. The van der Waals surface area contributed by atoms with Crippen LogP contribution in [-0.2, 0) is 0 Å². The van der Waals surface area contributed by atoms with E-state index in [2.05, 4.69) is 16.9 Å². The van der Waals surface area contributed by atoms with E-state index in [1.807, 2.05) is 24.4 Å². The highest BCUT2D eigenvalue weighted by Gasteiger charge is 1.98. The van der Waals surface area contributed by atoms with Gasteiger partial charge in [-0.15, -0.1) is 0 Å². The van der Waals surface area contributed by atoms with Crippen LogP contribution < -0.4 is 4.74 Å². The van der Waals surface area contributed by atoms with Gasteiger partial charge in [-0.3, -0.25) is 0 Å². The smallest absolute Gasteiger partial charge is 0.215 e. The van der Waals surface area contributed by atoms with Crippen LogP contribution in [-0.4, -0.2) is 16.6 Å². The summed E-state index contributed by atoms with van der Waals surface area (Å²) in [7, 11) is 0. The van der Waals surface area contributed by atoms with Gasteiger partial charge in [0.15, 0.2) is 0 Å². The van der Waals surface area contributed by atoms with Crippen LogP contribution in [0, 0.1) is 0 Å². The lowest BCUT2D eigenvalue weighted by Gasteiger charge is -2.03. The first kappa shape index (κ1) is 9.06. The number of rotatable bonds is 4. The number of nitrogens with zero attached hydrogens (tertiary/aromatic N) is 1. The Balaban J connectivity index is 2.10. The summed E-state index contributed by atoms with van der Waals surface area (Å²) in [5, 5.41) is 1.12. The van der Waals surface area contributed by atoms with Gasteiger partial charge in [-0.2, -0.15) is 4.98 Å². The molecule has 14 heavy (non-hydrogen) atoms. The van der Waals surface area contributed by atoms with E-state index >= 15 is 0 Å². The van der Waals surface area contributed by atoms with Gasteiger partial charge in [0.1, 0.15) is 5.65 Å². The molecule has 0 saturated heterocycles. The monoisotopic (exact) mass is 190 g/mol. The van der Waals surface area contributed by atoms with Gasteiger partial charge in [0.2, 0.25) is 5.88 Å². The summed E-state index contributed by atoms with van der Waals surface area (Å²) < 4.78 is 5.49. The average Bonchev–Trinajstić information content (AvgIpc) is 2.65. The molecule has 0 bridgehead atoms. The summed E-state index contributed by atoms with van der Waals surface area (Å²) in [6.45, 7) is 2.89. The van der Waals surface area contributed by atoms with Crippen LogP contribution in [0.2, 0.25) is 0 Å². The fourth-order valence-electron chi connectivity index (χ4n) is 1.31. The van der Waals surface area contributed by atoms with Crippen molar-refractivity contribution < 1.29 is 4.74 Å². The minimum absolute atomic E-state index is 0.702. The van der Waals surface area contributed by atoms with Crippen molar-refractivity contribution >= 4 is 11.0 Å². The molecule has 3 nitrogen and oxygen atoms in total. The lowest BCUT2D eigenvalue weighted by molar-refractivity contribution is 0.299. The third kappa shape index (κ3) is 1.87. The Morgan fingerprint density at radius 2 is 2.29 bits per heavy atom. The van der Waals surface area contributed by atoms with E-state index in [0.29, 0.717) is 5.88 Å². The van der Waals surface area contributed by atoms with E-state index in [4.69, 9.17) is 4.74 Å². The van der Waals surface area contributed by atoms with Crippen LogP contribution in [0.3, 0.4) is 0 Å². The summed E-state index contributed by atoms with van der Waals surface area (Å²) in [5.74, 6) is 0.702. The van der Waals surface area contributed by atoms with E-state index in [1.165, 1.54) is 0 Å². The summed E-state index contributed by atoms with van der Waals surface area (Å²) >= 11 is 0. The molecule has 1 N–H and O–H groups in total. The van der Waals surface area contributed by atoms with Gasteiger partial charge in [0.05, 0.1) is 6.61 Å². The normalized spacial score (nSPS) is 10.6. The van der Waals surface area contributed by atoms with Crippen LogP contribution in [0.1, 0.15) is 19.8 Å². The van der Waals surface area contributed by atoms with Crippen molar-refractivity contribution in [1.29, 1.82) is 0 Å². The van der Waals surface area contributed by atoms with Gasteiger partial charge in [0, 0.05) is 17.6 Å². The fourth-order valence-corrected chi connectivity index (χ4v) is 1.31. The number of H-pyrrole nitrogens is 1. The quantitative estimate of drug-likeness (QED) is 0.753. The first-order valence-electron chi connectivity index (χ1n) is 4.97. The van der Waals surface area contributed by atoms with Crippen molar-refractivity contribution in [3.8, 4) is 5.88 Å². The van der Waals surface area contributed by atoms with Crippen LogP contribution in [0.15, 0.2) is 24.4 Å². The van der Waals surface area contributed by atoms with Crippen molar-refractivity contribution in [2.45, 2.75) is 19.8 Å². The zero-order valence-corrected chi connectivity index (χ0v) is 8.29. The second-order valence-electron chi connectivity index (χ2n) is 3.27. The summed E-state index contributed by atoms with van der Waals surface area (Å²) in [6.07, 6.45) is 4.10. The fraction of sp³-hybridized carbons (Fsp3) is 0.364. The van der Waals surface area contributed by atoms with Crippen LogP contribution in [0.25, 0.3) is 11.0 Å². The molecular formula is C11H14N2O. The van der Waals surface area contributed by atoms with Crippen molar-refractivity contribution in [2.24, 2.45) is 0 Å². The summed E-state index contributed by atoms with van der Waals surface area (Å²) in [5.41, 5.74) is 0.888. The van der Waals surface area contributed by atoms with Crippen LogP contribution in [0.4, 0.5) is 0 Å². The number of ether oxygens (including phenoxy) is 1. The van der Waals surface area contributed by atoms with Gasteiger partial charge in [-0.05, 0) is 18.6 Å². The molecule has 2 rings (SSSR count). The van der Waals surface area contributed by atoms with Gasteiger partial charge in [-0.25, -0.2) is 0 Å².